The van der Waals surface area contributed by atoms with Crippen molar-refractivity contribution in [1.29, 1.82) is 0 Å². The number of rotatable bonds is 2. The summed E-state index contributed by atoms with van der Waals surface area (Å²) in [5, 5.41) is 10.3. The number of carboxylic acid groups (broad SMARTS) is 1. The topological polar surface area (TPSA) is 89.6 Å². The molecule has 0 fully saturated rings. The van der Waals surface area contributed by atoms with Crippen LogP contribution in [0.2, 0.25) is 5.02 Å². The van der Waals surface area contributed by atoms with Gasteiger partial charge in [0.1, 0.15) is 5.60 Å². The van der Waals surface area contributed by atoms with Gasteiger partial charge in [-0.25, -0.2) is 0 Å². The first-order valence-corrected chi connectivity index (χ1v) is 7.46. The first-order chi connectivity index (χ1) is 10.1. The van der Waals surface area contributed by atoms with Crippen LogP contribution < -0.4 is 5.73 Å². The second-order valence-corrected chi connectivity index (χ2v) is 7.04. The first-order valence-electron chi connectivity index (χ1n) is 7.08. The summed E-state index contributed by atoms with van der Waals surface area (Å²) >= 11 is 5.96. The van der Waals surface area contributed by atoms with Crippen LogP contribution in [-0.4, -0.2) is 22.6 Å². The zero-order valence-corrected chi connectivity index (χ0v) is 13.6. The number of carbonyl (C=O) groups is 2. The molecular formula is C16H20ClNO4. The van der Waals surface area contributed by atoms with Gasteiger partial charge >= 0.3 is 11.9 Å². The highest BCUT2D eigenvalue weighted by Gasteiger charge is 2.56. The van der Waals surface area contributed by atoms with Gasteiger partial charge in [0, 0.05) is 5.02 Å². The molecule has 0 aromatic heterocycles. The third-order valence-corrected chi connectivity index (χ3v) is 4.14. The van der Waals surface area contributed by atoms with Crippen molar-refractivity contribution in [1.82, 2.24) is 0 Å². The molecular weight excluding hydrogens is 306 g/mol. The molecule has 0 saturated heterocycles. The van der Waals surface area contributed by atoms with Crippen LogP contribution in [-0.2, 0) is 20.7 Å². The highest BCUT2D eigenvalue weighted by Crippen LogP contribution is 2.45. The first kappa shape index (κ1) is 16.8. The minimum Gasteiger partial charge on any atom is -0.480 e. The number of carbonyl (C=O) groups excluding carboxylic acids is 1. The van der Waals surface area contributed by atoms with Gasteiger partial charge in [-0.1, -0.05) is 17.7 Å². The number of hydrogen-bond acceptors (Lipinski definition) is 4. The average Bonchev–Trinajstić information content (AvgIpc) is 2.36. The Morgan fingerprint density at radius 1 is 1.41 bits per heavy atom. The Labute approximate surface area is 134 Å². The molecule has 2 rings (SSSR count). The number of hydrogen-bond donors (Lipinski definition) is 2. The summed E-state index contributed by atoms with van der Waals surface area (Å²) in [6.45, 7) is 5.09. The second kappa shape index (κ2) is 5.56. The van der Waals surface area contributed by atoms with Gasteiger partial charge in [0.25, 0.3) is 0 Å². The van der Waals surface area contributed by atoms with E-state index >= 15 is 0 Å². The zero-order chi connectivity index (χ0) is 16.7. The summed E-state index contributed by atoms with van der Waals surface area (Å²) < 4.78 is 5.33. The van der Waals surface area contributed by atoms with Gasteiger partial charge in [0.2, 0.25) is 0 Å². The van der Waals surface area contributed by atoms with Crippen molar-refractivity contribution < 1.29 is 19.4 Å². The minimum atomic E-state index is -1.77. The molecule has 5 nitrogen and oxygen atoms in total. The van der Waals surface area contributed by atoms with Crippen LogP contribution >= 0.6 is 11.6 Å². The van der Waals surface area contributed by atoms with E-state index < -0.39 is 29.0 Å². The van der Waals surface area contributed by atoms with E-state index in [0.717, 1.165) is 5.56 Å². The van der Waals surface area contributed by atoms with E-state index in [9.17, 15) is 14.7 Å². The highest BCUT2D eigenvalue weighted by atomic mass is 35.5. The van der Waals surface area contributed by atoms with Gasteiger partial charge in [-0.3, -0.25) is 9.59 Å². The molecule has 3 N–H and O–H groups in total. The third kappa shape index (κ3) is 2.83. The Hall–Kier alpha value is -1.59. The molecule has 0 amide bonds. The summed E-state index contributed by atoms with van der Waals surface area (Å²) in [5.41, 5.74) is 5.13. The quantitative estimate of drug-likeness (QED) is 0.644. The van der Waals surface area contributed by atoms with Crippen molar-refractivity contribution in [2.75, 3.05) is 0 Å². The summed E-state index contributed by atoms with van der Waals surface area (Å²) in [6.07, 6.45) is 0.501. The number of benzene rings is 1. The van der Waals surface area contributed by atoms with E-state index in [2.05, 4.69) is 0 Å². The normalized spacial score (nSPS) is 24.5. The molecule has 0 spiro atoms. The van der Waals surface area contributed by atoms with E-state index in [0.29, 0.717) is 17.0 Å². The Bertz CT molecular complexity index is 623. The second-order valence-electron chi connectivity index (χ2n) is 6.60. The lowest BCUT2D eigenvalue weighted by Gasteiger charge is -2.39. The number of esters is 1. The molecule has 2 atom stereocenters. The summed E-state index contributed by atoms with van der Waals surface area (Å²) in [5.74, 6) is -2.05. The molecule has 6 heteroatoms. The number of halogens is 1. The van der Waals surface area contributed by atoms with Crippen molar-refractivity contribution in [2.45, 2.75) is 45.3 Å². The van der Waals surface area contributed by atoms with E-state index in [-0.39, 0.29) is 6.42 Å². The minimum absolute atomic E-state index is 0.0890. The molecule has 0 saturated carbocycles. The largest absolute Gasteiger partial charge is 0.480 e. The van der Waals surface area contributed by atoms with E-state index in [1.165, 1.54) is 0 Å². The Balaban J connectivity index is 2.47. The van der Waals surface area contributed by atoms with Crippen molar-refractivity contribution in [2.24, 2.45) is 11.1 Å². The lowest BCUT2D eigenvalue weighted by atomic mass is 9.68. The van der Waals surface area contributed by atoms with Gasteiger partial charge in [0.15, 0.2) is 5.41 Å². The van der Waals surface area contributed by atoms with Crippen LogP contribution in [0, 0.1) is 5.41 Å². The molecule has 22 heavy (non-hydrogen) atoms. The van der Waals surface area contributed by atoms with Crippen LogP contribution in [0.3, 0.4) is 0 Å². The van der Waals surface area contributed by atoms with E-state index in [1.54, 1.807) is 39.0 Å². The zero-order valence-electron chi connectivity index (χ0n) is 12.9. The van der Waals surface area contributed by atoms with Crippen LogP contribution in [0.25, 0.3) is 0 Å². The molecule has 1 aromatic carbocycles. The average molecular weight is 326 g/mol. The summed E-state index contributed by atoms with van der Waals surface area (Å²) in [6, 6.07) is 4.12. The number of carboxylic acids is 1. The smallest absolute Gasteiger partial charge is 0.326 e. The Morgan fingerprint density at radius 3 is 2.59 bits per heavy atom. The molecule has 120 valence electrons. The maximum absolute atomic E-state index is 12.6. The number of aryl methyl sites for hydroxylation is 1. The van der Waals surface area contributed by atoms with Crippen molar-refractivity contribution in [3.8, 4) is 0 Å². The number of ether oxygens (including phenoxy) is 1. The van der Waals surface area contributed by atoms with E-state index in [1.807, 2.05) is 0 Å². The summed E-state index contributed by atoms with van der Waals surface area (Å²) in [4.78, 5) is 24.4. The van der Waals surface area contributed by atoms with Gasteiger partial charge < -0.3 is 15.6 Å². The van der Waals surface area contributed by atoms with E-state index in [4.69, 9.17) is 22.1 Å². The molecule has 0 heterocycles. The maximum Gasteiger partial charge on any atom is 0.326 e. The molecule has 1 aliphatic rings. The monoisotopic (exact) mass is 325 g/mol. The van der Waals surface area contributed by atoms with Crippen LogP contribution in [0.15, 0.2) is 18.2 Å². The third-order valence-electron chi connectivity index (χ3n) is 3.90. The van der Waals surface area contributed by atoms with Gasteiger partial charge in [0.05, 0.1) is 6.04 Å². The molecule has 0 radical (unpaired) electrons. The van der Waals surface area contributed by atoms with Gasteiger partial charge in [-0.15, -0.1) is 0 Å². The lowest BCUT2D eigenvalue weighted by molar-refractivity contribution is -0.180. The fraction of sp³-hybridized carbons (Fsp3) is 0.500. The SMILES string of the molecule is CC(C)(C)OC(=O)C1(C(=O)O)CCc2cc(Cl)ccc2C1N. The summed E-state index contributed by atoms with van der Waals surface area (Å²) in [7, 11) is 0. The number of fused-ring (bicyclic) bond motifs is 1. The molecule has 0 aliphatic heterocycles. The Kier molecular flexibility index (Phi) is 4.24. The van der Waals surface area contributed by atoms with Crippen LogP contribution in [0.4, 0.5) is 0 Å². The van der Waals surface area contributed by atoms with Gasteiger partial charge in [-0.05, 0) is 56.9 Å². The fourth-order valence-corrected chi connectivity index (χ4v) is 2.97. The lowest BCUT2D eigenvalue weighted by Crippen LogP contribution is -2.52. The standard InChI is InChI=1S/C16H20ClNO4/c1-15(2,3)22-14(21)16(13(19)20)7-6-9-8-10(17)4-5-11(9)12(16)18/h4-5,8,12H,6-7,18H2,1-3H3,(H,19,20). The van der Waals surface area contributed by atoms with Crippen molar-refractivity contribution in [3.05, 3.63) is 34.3 Å². The van der Waals surface area contributed by atoms with Crippen LogP contribution in [0.1, 0.15) is 44.4 Å². The fourth-order valence-electron chi connectivity index (χ4n) is 2.77. The maximum atomic E-state index is 12.6. The predicted octanol–water partition coefficient (Wildman–Crippen LogP) is 2.70. The predicted molar refractivity (Wildman–Crippen MR) is 82.6 cm³/mol. The molecule has 2 unspecified atom stereocenters. The molecule has 0 bridgehead atoms. The number of nitrogens with two attached hydrogens (primary N) is 1. The van der Waals surface area contributed by atoms with Crippen molar-refractivity contribution in [3.63, 3.8) is 0 Å². The Morgan fingerprint density at radius 2 is 2.05 bits per heavy atom. The van der Waals surface area contributed by atoms with Crippen molar-refractivity contribution >= 4 is 23.5 Å². The molecule has 1 aromatic rings. The van der Waals surface area contributed by atoms with Crippen LogP contribution in [0.5, 0.6) is 0 Å². The highest BCUT2D eigenvalue weighted by molar-refractivity contribution is 6.30. The number of aliphatic carboxylic acids is 1. The molecule has 1 aliphatic carbocycles. The van der Waals surface area contributed by atoms with Gasteiger partial charge in [-0.2, -0.15) is 0 Å².